The molecule has 2 aromatic rings. The molecule has 0 atom stereocenters. The van der Waals surface area contributed by atoms with E-state index in [-0.39, 0.29) is 11.4 Å². The number of nitrogens with zero attached hydrogens (tertiary/aromatic N) is 2. The maximum atomic E-state index is 10.2. The highest BCUT2D eigenvalue weighted by Gasteiger charge is 2.47. The Bertz CT molecular complexity index is 739. The Morgan fingerprint density at radius 2 is 2.05 bits per heavy atom. The molecule has 1 spiro atoms. The first-order chi connectivity index (χ1) is 10.1. The molecular weight excluding hydrogens is 266 g/mol. The molecular formula is C16H17N3O2. The van der Waals surface area contributed by atoms with Gasteiger partial charge in [0, 0.05) is 23.1 Å². The zero-order valence-corrected chi connectivity index (χ0v) is 11.9. The molecule has 0 radical (unpaired) electrons. The quantitative estimate of drug-likeness (QED) is 0.839. The first kappa shape index (κ1) is 12.6. The molecule has 0 unspecified atom stereocenters. The molecule has 5 nitrogen and oxygen atoms in total. The Labute approximate surface area is 122 Å². The highest BCUT2D eigenvalue weighted by atomic mass is 16.5. The third-order valence-corrected chi connectivity index (χ3v) is 4.45. The van der Waals surface area contributed by atoms with Gasteiger partial charge in [-0.25, -0.2) is 0 Å². The first-order valence-corrected chi connectivity index (χ1v) is 7.16. The summed E-state index contributed by atoms with van der Waals surface area (Å²) in [6, 6.07) is 5.55. The van der Waals surface area contributed by atoms with Gasteiger partial charge in [0.25, 0.3) is 0 Å². The van der Waals surface area contributed by atoms with Gasteiger partial charge < -0.3 is 15.6 Å². The monoisotopic (exact) mass is 283 g/mol. The van der Waals surface area contributed by atoms with Crippen molar-refractivity contribution >= 4 is 5.82 Å². The van der Waals surface area contributed by atoms with Crippen molar-refractivity contribution in [3.8, 4) is 17.0 Å². The van der Waals surface area contributed by atoms with Crippen molar-refractivity contribution in [1.29, 1.82) is 0 Å². The summed E-state index contributed by atoms with van der Waals surface area (Å²) in [5, 5.41) is 18.5. The zero-order valence-electron chi connectivity index (χ0n) is 11.9. The predicted molar refractivity (Wildman–Crippen MR) is 78.7 cm³/mol. The number of nitrogen functional groups attached to an aromatic ring is 1. The number of benzene rings is 1. The minimum absolute atomic E-state index is 0.0171. The van der Waals surface area contributed by atoms with Gasteiger partial charge in [-0.15, -0.1) is 10.2 Å². The van der Waals surface area contributed by atoms with E-state index < -0.39 is 0 Å². The maximum absolute atomic E-state index is 10.2. The average Bonchev–Trinajstić information content (AvgIpc) is 3.20. The number of anilines is 1. The van der Waals surface area contributed by atoms with Crippen molar-refractivity contribution in [2.45, 2.75) is 38.4 Å². The van der Waals surface area contributed by atoms with E-state index in [4.69, 9.17) is 10.5 Å². The van der Waals surface area contributed by atoms with Gasteiger partial charge in [-0.2, -0.15) is 0 Å². The van der Waals surface area contributed by atoms with Crippen molar-refractivity contribution in [3.63, 3.8) is 0 Å². The van der Waals surface area contributed by atoms with Gasteiger partial charge in [-0.1, -0.05) is 6.07 Å². The number of phenolic OH excluding ortho intramolecular Hbond substituents is 1. The third kappa shape index (κ3) is 1.96. The lowest BCUT2D eigenvalue weighted by Gasteiger charge is -2.27. The van der Waals surface area contributed by atoms with Crippen molar-refractivity contribution in [3.05, 3.63) is 34.9 Å². The van der Waals surface area contributed by atoms with E-state index in [1.54, 1.807) is 6.07 Å². The highest BCUT2D eigenvalue weighted by molar-refractivity contribution is 5.72. The summed E-state index contributed by atoms with van der Waals surface area (Å²) in [4.78, 5) is 0. The van der Waals surface area contributed by atoms with Gasteiger partial charge in [-0.05, 0) is 37.5 Å². The minimum atomic E-state index is -0.0171. The molecule has 1 aromatic carbocycles. The summed E-state index contributed by atoms with van der Waals surface area (Å²) in [5.74, 6) is 0.693. The normalized spacial score (nSPS) is 18.5. The van der Waals surface area contributed by atoms with Crippen LogP contribution in [0.4, 0.5) is 5.82 Å². The summed E-state index contributed by atoms with van der Waals surface area (Å²) >= 11 is 0. The van der Waals surface area contributed by atoms with Crippen LogP contribution >= 0.6 is 0 Å². The van der Waals surface area contributed by atoms with Crippen LogP contribution in [-0.4, -0.2) is 20.9 Å². The summed E-state index contributed by atoms with van der Waals surface area (Å²) in [6.07, 6.45) is 2.96. The molecule has 1 fully saturated rings. The van der Waals surface area contributed by atoms with E-state index in [2.05, 4.69) is 10.2 Å². The Morgan fingerprint density at radius 3 is 2.76 bits per heavy atom. The Balaban J connectivity index is 1.87. The number of fused-ring (bicyclic) bond motifs is 1. The molecule has 1 saturated carbocycles. The number of nitrogens with two attached hydrogens (primary N) is 1. The predicted octanol–water partition coefficient (Wildman–Crippen LogP) is 2.35. The number of phenols is 1. The van der Waals surface area contributed by atoms with Gasteiger partial charge in [0.15, 0.2) is 0 Å². The number of rotatable bonds is 1. The maximum Gasteiger partial charge on any atom is 0.149 e. The van der Waals surface area contributed by atoms with Crippen LogP contribution in [0.5, 0.6) is 5.75 Å². The van der Waals surface area contributed by atoms with E-state index in [9.17, 15) is 5.11 Å². The van der Waals surface area contributed by atoms with Crippen LogP contribution in [-0.2, 0) is 17.8 Å². The van der Waals surface area contributed by atoms with E-state index >= 15 is 0 Å². The number of ether oxygens (including phenoxy) is 1. The Kier molecular flexibility index (Phi) is 2.50. The Hall–Kier alpha value is -2.14. The van der Waals surface area contributed by atoms with Gasteiger partial charge in [0.2, 0.25) is 0 Å². The molecule has 1 aliphatic heterocycles. The summed E-state index contributed by atoms with van der Waals surface area (Å²) < 4.78 is 5.98. The number of hydrogen-bond acceptors (Lipinski definition) is 5. The topological polar surface area (TPSA) is 81.3 Å². The molecule has 4 rings (SSSR count). The van der Waals surface area contributed by atoms with E-state index in [0.717, 1.165) is 36.0 Å². The zero-order chi connectivity index (χ0) is 14.6. The molecule has 21 heavy (non-hydrogen) atoms. The first-order valence-electron chi connectivity index (χ1n) is 7.16. The summed E-state index contributed by atoms with van der Waals surface area (Å²) in [7, 11) is 0. The molecule has 3 N–H and O–H groups in total. The van der Waals surface area contributed by atoms with Crippen LogP contribution in [0.1, 0.15) is 29.5 Å². The standard InChI is InChI=1S/C16H17N3O2/c1-9-2-3-10(13(20)6-9)14-12-8-21-16(4-5-16)7-11(12)15(17)19-18-14/h2-3,6,20H,4-5,7-8H2,1H3,(H2,17,19). The van der Waals surface area contributed by atoms with Gasteiger partial charge >= 0.3 is 0 Å². The van der Waals surface area contributed by atoms with Gasteiger partial charge in [0.05, 0.1) is 12.2 Å². The van der Waals surface area contributed by atoms with Crippen LogP contribution in [0.2, 0.25) is 0 Å². The lowest BCUT2D eigenvalue weighted by atomic mass is 9.94. The second kappa shape index (κ2) is 4.18. The molecule has 5 heteroatoms. The fourth-order valence-corrected chi connectivity index (χ4v) is 2.99. The average molecular weight is 283 g/mol. The van der Waals surface area contributed by atoms with Gasteiger partial charge in [0.1, 0.15) is 17.3 Å². The lowest BCUT2D eigenvalue weighted by molar-refractivity contribution is 0.00833. The van der Waals surface area contributed by atoms with E-state index in [0.29, 0.717) is 23.7 Å². The smallest absolute Gasteiger partial charge is 0.149 e. The van der Waals surface area contributed by atoms with Crippen molar-refractivity contribution in [2.75, 3.05) is 5.73 Å². The molecule has 2 aliphatic rings. The van der Waals surface area contributed by atoms with Crippen molar-refractivity contribution < 1.29 is 9.84 Å². The molecule has 108 valence electrons. The molecule has 0 bridgehead atoms. The summed E-state index contributed by atoms with van der Waals surface area (Å²) in [5.41, 5.74) is 10.3. The highest BCUT2D eigenvalue weighted by Crippen LogP contribution is 2.48. The number of aromatic hydroxyl groups is 1. The van der Waals surface area contributed by atoms with Crippen molar-refractivity contribution in [1.82, 2.24) is 10.2 Å². The number of aryl methyl sites for hydroxylation is 1. The minimum Gasteiger partial charge on any atom is -0.507 e. The van der Waals surface area contributed by atoms with Crippen LogP contribution < -0.4 is 5.73 Å². The SMILES string of the molecule is Cc1ccc(-c2nnc(N)c3c2COC2(CC2)C3)c(O)c1. The largest absolute Gasteiger partial charge is 0.507 e. The molecule has 2 heterocycles. The second-order valence-corrected chi connectivity index (χ2v) is 6.06. The molecule has 1 aliphatic carbocycles. The van der Waals surface area contributed by atoms with Crippen LogP contribution in [0, 0.1) is 6.92 Å². The van der Waals surface area contributed by atoms with E-state index in [1.165, 1.54) is 0 Å². The fraction of sp³-hybridized carbons (Fsp3) is 0.375. The Morgan fingerprint density at radius 1 is 1.24 bits per heavy atom. The van der Waals surface area contributed by atoms with Crippen LogP contribution in [0.15, 0.2) is 18.2 Å². The third-order valence-electron chi connectivity index (χ3n) is 4.45. The van der Waals surface area contributed by atoms with Crippen LogP contribution in [0.3, 0.4) is 0 Å². The van der Waals surface area contributed by atoms with Gasteiger partial charge in [-0.3, -0.25) is 0 Å². The molecule has 0 amide bonds. The number of aromatic nitrogens is 2. The van der Waals surface area contributed by atoms with Crippen LogP contribution in [0.25, 0.3) is 11.3 Å². The van der Waals surface area contributed by atoms with E-state index in [1.807, 2.05) is 19.1 Å². The van der Waals surface area contributed by atoms with Crippen molar-refractivity contribution in [2.24, 2.45) is 0 Å². The molecule has 1 aromatic heterocycles. The number of hydrogen-bond donors (Lipinski definition) is 2. The summed E-state index contributed by atoms with van der Waals surface area (Å²) in [6.45, 7) is 2.42. The lowest BCUT2D eigenvalue weighted by Crippen LogP contribution is -2.26. The fourth-order valence-electron chi connectivity index (χ4n) is 2.99. The second-order valence-electron chi connectivity index (χ2n) is 6.06. The molecule has 0 saturated heterocycles.